The van der Waals surface area contributed by atoms with Crippen LogP contribution in [0, 0.1) is 0 Å². The zero-order valence-corrected chi connectivity index (χ0v) is 14.1. The van der Waals surface area contributed by atoms with Crippen molar-refractivity contribution in [3.05, 3.63) is 66.2 Å². The molecule has 1 aliphatic carbocycles. The third-order valence-electron chi connectivity index (χ3n) is 4.12. The number of rotatable bonds is 5. The number of aromatic nitrogens is 2. The lowest BCUT2D eigenvalue weighted by atomic mass is 10.1. The maximum atomic E-state index is 12.5. The van der Waals surface area contributed by atoms with Crippen LogP contribution in [0.4, 0.5) is 17.5 Å². The van der Waals surface area contributed by atoms with Gasteiger partial charge in [-0.05, 0) is 37.1 Å². The summed E-state index contributed by atoms with van der Waals surface area (Å²) in [5, 5.41) is 6.15. The largest absolute Gasteiger partial charge is 0.399 e. The molecular formula is C20H19N5O. The minimum absolute atomic E-state index is 0.236. The van der Waals surface area contributed by atoms with Crippen molar-refractivity contribution in [2.45, 2.75) is 18.9 Å². The molecule has 26 heavy (non-hydrogen) atoms. The van der Waals surface area contributed by atoms with Gasteiger partial charge in [-0.15, -0.1) is 0 Å². The molecule has 6 heteroatoms. The Bertz CT molecular complexity index is 921. The molecule has 1 amide bonds. The molecule has 0 radical (unpaired) electrons. The van der Waals surface area contributed by atoms with Crippen LogP contribution in [0.15, 0.2) is 60.7 Å². The van der Waals surface area contributed by atoms with Crippen LogP contribution in [0.5, 0.6) is 0 Å². The van der Waals surface area contributed by atoms with E-state index in [9.17, 15) is 4.79 Å². The zero-order valence-electron chi connectivity index (χ0n) is 14.1. The van der Waals surface area contributed by atoms with Gasteiger partial charge in [-0.2, -0.15) is 4.98 Å². The molecule has 0 aliphatic heterocycles. The fourth-order valence-electron chi connectivity index (χ4n) is 2.57. The molecule has 4 N–H and O–H groups in total. The summed E-state index contributed by atoms with van der Waals surface area (Å²) >= 11 is 0. The van der Waals surface area contributed by atoms with Crippen molar-refractivity contribution < 1.29 is 4.79 Å². The molecule has 3 aromatic rings. The van der Waals surface area contributed by atoms with E-state index in [1.54, 1.807) is 30.3 Å². The highest BCUT2D eigenvalue weighted by molar-refractivity contribution is 6.04. The van der Waals surface area contributed by atoms with Crippen LogP contribution in [-0.2, 0) is 0 Å². The van der Waals surface area contributed by atoms with Gasteiger partial charge in [0, 0.05) is 28.9 Å². The average molecular weight is 345 g/mol. The first kappa shape index (κ1) is 16.1. The molecule has 1 saturated carbocycles. The molecule has 1 fully saturated rings. The van der Waals surface area contributed by atoms with Crippen molar-refractivity contribution in [3.63, 3.8) is 0 Å². The summed E-state index contributed by atoms with van der Waals surface area (Å²) in [4.78, 5) is 21.5. The zero-order chi connectivity index (χ0) is 17.9. The molecule has 6 nitrogen and oxygen atoms in total. The number of nitrogens with zero attached hydrogens (tertiary/aromatic N) is 2. The molecule has 1 aromatic heterocycles. The highest BCUT2D eigenvalue weighted by Crippen LogP contribution is 2.26. The van der Waals surface area contributed by atoms with E-state index in [-0.39, 0.29) is 5.91 Å². The molecule has 130 valence electrons. The van der Waals surface area contributed by atoms with Gasteiger partial charge >= 0.3 is 0 Å². The van der Waals surface area contributed by atoms with Gasteiger partial charge < -0.3 is 16.4 Å². The molecular weight excluding hydrogens is 326 g/mol. The predicted molar refractivity (Wildman–Crippen MR) is 103 cm³/mol. The first-order valence-electron chi connectivity index (χ1n) is 8.55. The SMILES string of the molecule is Nc1ccc(C(=O)Nc2cc(-c3ccccc3)nc(NC3CC3)n2)cc1. The minimum atomic E-state index is -0.236. The second kappa shape index (κ2) is 6.84. The van der Waals surface area contributed by atoms with Gasteiger partial charge in [0.05, 0.1) is 5.69 Å². The van der Waals surface area contributed by atoms with E-state index in [0.717, 1.165) is 24.1 Å². The monoisotopic (exact) mass is 345 g/mol. The summed E-state index contributed by atoms with van der Waals surface area (Å²) in [7, 11) is 0. The Balaban J connectivity index is 1.63. The third kappa shape index (κ3) is 3.80. The molecule has 0 bridgehead atoms. The molecule has 1 heterocycles. The maximum Gasteiger partial charge on any atom is 0.256 e. The van der Waals surface area contributed by atoms with Crippen LogP contribution in [0.3, 0.4) is 0 Å². The van der Waals surface area contributed by atoms with Crippen molar-refractivity contribution in [3.8, 4) is 11.3 Å². The van der Waals surface area contributed by atoms with Crippen LogP contribution in [0.2, 0.25) is 0 Å². The number of carbonyl (C=O) groups excluding carboxylic acids is 1. The molecule has 0 atom stereocenters. The maximum absolute atomic E-state index is 12.5. The van der Waals surface area contributed by atoms with Crippen LogP contribution >= 0.6 is 0 Å². The van der Waals surface area contributed by atoms with Crippen molar-refractivity contribution in [2.24, 2.45) is 0 Å². The lowest BCUT2D eigenvalue weighted by molar-refractivity contribution is 0.102. The normalized spacial score (nSPS) is 13.2. The number of nitrogens with one attached hydrogen (secondary N) is 2. The fourth-order valence-corrected chi connectivity index (χ4v) is 2.57. The smallest absolute Gasteiger partial charge is 0.256 e. The second-order valence-electron chi connectivity index (χ2n) is 6.32. The van der Waals surface area contributed by atoms with Gasteiger partial charge in [-0.1, -0.05) is 30.3 Å². The average Bonchev–Trinajstić information content (AvgIpc) is 3.47. The number of anilines is 3. The summed E-state index contributed by atoms with van der Waals surface area (Å²) < 4.78 is 0. The topological polar surface area (TPSA) is 92.9 Å². The van der Waals surface area contributed by atoms with E-state index < -0.39 is 0 Å². The van der Waals surface area contributed by atoms with E-state index in [1.165, 1.54) is 0 Å². The van der Waals surface area contributed by atoms with Gasteiger partial charge in [0.2, 0.25) is 5.95 Å². The number of nitrogen functional groups attached to an aromatic ring is 1. The van der Waals surface area contributed by atoms with E-state index in [4.69, 9.17) is 5.73 Å². The van der Waals surface area contributed by atoms with Crippen LogP contribution in [0.1, 0.15) is 23.2 Å². The molecule has 4 rings (SSSR count). The number of amides is 1. The number of benzene rings is 2. The fraction of sp³-hybridized carbons (Fsp3) is 0.150. The first-order chi connectivity index (χ1) is 12.7. The molecule has 0 unspecified atom stereocenters. The van der Waals surface area contributed by atoms with Gasteiger partial charge in [-0.3, -0.25) is 4.79 Å². The van der Waals surface area contributed by atoms with Crippen molar-refractivity contribution in [1.29, 1.82) is 0 Å². The minimum Gasteiger partial charge on any atom is -0.399 e. The Morgan fingerprint density at radius 3 is 2.42 bits per heavy atom. The van der Waals surface area contributed by atoms with Crippen molar-refractivity contribution in [1.82, 2.24) is 9.97 Å². The molecule has 2 aromatic carbocycles. The second-order valence-corrected chi connectivity index (χ2v) is 6.32. The van der Waals surface area contributed by atoms with Gasteiger partial charge in [-0.25, -0.2) is 4.98 Å². The quantitative estimate of drug-likeness (QED) is 0.615. The number of carbonyl (C=O) groups is 1. The molecule has 0 saturated heterocycles. The highest BCUT2D eigenvalue weighted by atomic mass is 16.1. The summed E-state index contributed by atoms with van der Waals surface area (Å²) in [5.41, 5.74) is 8.55. The van der Waals surface area contributed by atoms with E-state index in [2.05, 4.69) is 20.6 Å². The molecule has 0 spiro atoms. The predicted octanol–water partition coefficient (Wildman–Crippen LogP) is 3.55. The molecule has 1 aliphatic rings. The van der Waals surface area contributed by atoms with E-state index >= 15 is 0 Å². The number of nitrogens with two attached hydrogens (primary N) is 1. The van der Waals surface area contributed by atoms with Gasteiger partial charge in [0.15, 0.2) is 0 Å². The number of hydrogen-bond donors (Lipinski definition) is 3. The lowest BCUT2D eigenvalue weighted by Crippen LogP contribution is -2.15. The number of hydrogen-bond acceptors (Lipinski definition) is 5. The standard InChI is InChI=1S/C20H19N5O/c21-15-8-6-14(7-9-15)19(26)24-18-12-17(13-4-2-1-3-5-13)23-20(25-18)22-16-10-11-16/h1-9,12,16H,10-11,21H2,(H2,22,23,24,25,26). The van der Waals surface area contributed by atoms with E-state index in [0.29, 0.717) is 29.1 Å². The summed E-state index contributed by atoms with van der Waals surface area (Å²) in [6.07, 6.45) is 2.23. The van der Waals surface area contributed by atoms with Crippen molar-refractivity contribution in [2.75, 3.05) is 16.4 Å². The Morgan fingerprint density at radius 1 is 1.00 bits per heavy atom. The Labute approximate surface area is 151 Å². The van der Waals surface area contributed by atoms with Crippen LogP contribution < -0.4 is 16.4 Å². The Morgan fingerprint density at radius 2 is 1.73 bits per heavy atom. The van der Waals surface area contributed by atoms with Crippen molar-refractivity contribution >= 4 is 23.4 Å². The van der Waals surface area contributed by atoms with E-state index in [1.807, 2.05) is 30.3 Å². The first-order valence-corrected chi connectivity index (χ1v) is 8.55. The Hall–Kier alpha value is -3.41. The summed E-state index contributed by atoms with van der Waals surface area (Å²) in [5.74, 6) is 0.755. The van der Waals surface area contributed by atoms with Gasteiger partial charge in [0.25, 0.3) is 5.91 Å². The van der Waals surface area contributed by atoms with Crippen LogP contribution in [-0.4, -0.2) is 21.9 Å². The van der Waals surface area contributed by atoms with Crippen LogP contribution in [0.25, 0.3) is 11.3 Å². The summed E-state index contributed by atoms with van der Waals surface area (Å²) in [6, 6.07) is 18.8. The Kier molecular flexibility index (Phi) is 4.23. The third-order valence-corrected chi connectivity index (χ3v) is 4.12. The lowest BCUT2D eigenvalue weighted by Gasteiger charge is -2.10. The summed E-state index contributed by atoms with van der Waals surface area (Å²) in [6.45, 7) is 0. The highest BCUT2D eigenvalue weighted by Gasteiger charge is 2.22. The van der Waals surface area contributed by atoms with Gasteiger partial charge in [0.1, 0.15) is 5.82 Å².